The van der Waals surface area contributed by atoms with Crippen LogP contribution in [0.5, 0.6) is 0 Å². The molecular formula is C59H42N2. The Morgan fingerprint density at radius 3 is 1.39 bits per heavy atom. The SMILES string of the molecule is c1ccc(-n2c3ccccc3c3ccc(N(c4ccc(-c5ccc(C(c6ccccc6)(c6ccccc6)c6ccccc6)cc5)cc4)c4cccc5ccccc45)cc32)cc1. The molecule has 0 aliphatic heterocycles. The number of hydrogen-bond acceptors (Lipinski definition) is 1. The maximum atomic E-state index is 2.41. The van der Waals surface area contributed by atoms with Gasteiger partial charge in [-0.05, 0) is 87.3 Å². The number of fused-ring (bicyclic) bond motifs is 4. The van der Waals surface area contributed by atoms with Gasteiger partial charge in [-0.2, -0.15) is 0 Å². The van der Waals surface area contributed by atoms with Crippen molar-refractivity contribution in [1.29, 1.82) is 0 Å². The topological polar surface area (TPSA) is 8.17 Å². The summed E-state index contributed by atoms with van der Waals surface area (Å²) in [7, 11) is 0. The predicted octanol–water partition coefficient (Wildman–Crippen LogP) is 15.5. The molecule has 0 aliphatic carbocycles. The van der Waals surface area contributed by atoms with E-state index in [4.69, 9.17) is 0 Å². The maximum Gasteiger partial charge on any atom is 0.0701 e. The zero-order valence-corrected chi connectivity index (χ0v) is 33.6. The highest BCUT2D eigenvalue weighted by atomic mass is 15.1. The zero-order valence-electron chi connectivity index (χ0n) is 33.6. The van der Waals surface area contributed by atoms with Crippen molar-refractivity contribution in [2.24, 2.45) is 0 Å². The average molecular weight is 779 g/mol. The van der Waals surface area contributed by atoms with Gasteiger partial charge < -0.3 is 9.47 Å². The summed E-state index contributed by atoms with van der Waals surface area (Å²) in [5, 5.41) is 4.88. The van der Waals surface area contributed by atoms with E-state index in [-0.39, 0.29) is 0 Å². The van der Waals surface area contributed by atoms with E-state index in [9.17, 15) is 0 Å². The number of benzene rings is 10. The average Bonchev–Trinajstić information content (AvgIpc) is 3.67. The Balaban J connectivity index is 1.03. The third-order valence-electron chi connectivity index (χ3n) is 12.3. The first kappa shape index (κ1) is 36.2. The molecule has 0 spiro atoms. The normalized spacial score (nSPS) is 11.6. The monoisotopic (exact) mass is 778 g/mol. The maximum absolute atomic E-state index is 2.41. The summed E-state index contributed by atoms with van der Waals surface area (Å²) in [5.74, 6) is 0. The van der Waals surface area contributed by atoms with Crippen LogP contribution in [-0.2, 0) is 5.41 Å². The van der Waals surface area contributed by atoms with E-state index in [2.05, 4.69) is 264 Å². The minimum absolute atomic E-state index is 0.488. The number of anilines is 3. The van der Waals surface area contributed by atoms with E-state index < -0.39 is 5.41 Å². The molecule has 0 aliphatic rings. The van der Waals surface area contributed by atoms with Crippen LogP contribution in [0.25, 0.3) is 49.4 Å². The second kappa shape index (κ2) is 15.3. The highest BCUT2D eigenvalue weighted by Gasteiger charge is 2.38. The number of para-hydroxylation sites is 2. The standard InChI is InChI=1S/C59H42N2/c1-5-20-46(21-6-1)59(47-22-7-2-8-23-47,48-24-9-3-10-25-48)49-36-32-43(33-37-49)44-34-38-51(39-35-44)60(56-31-17-19-45-18-13-14-28-53(45)56)52-40-41-55-54-29-15-16-30-57(54)61(58(55)42-52)50-26-11-4-12-27-50/h1-42H. The number of aromatic nitrogens is 1. The summed E-state index contributed by atoms with van der Waals surface area (Å²) in [6.45, 7) is 0. The third kappa shape index (κ3) is 6.20. The lowest BCUT2D eigenvalue weighted by Gasteiger charge is -2.37. The van der Waals surface area contributed by atoms with Crippen LogP contribution >= 0.6 is 0 Å². The Hall–Kier alpha value is -7.94. The van der Waals surface area contributed by atoms with E-state index in [1.807, 2.05) is 0 Å². The molecule has 2 nitrogen and oxygen atoms in total. The summed E-state index contributed by atoms with van der Waals surface area (Å²) in [5.41, 5.74) is 13.6. The Morgan fingerprint density at radius 2 is 0.770 bits per heavy atom. The molecule has 0 amide bonds. The van der Waals surface area contributed by atoms with Crippen LogP contribution in [-0.4, -0.2) is 4.57 Å². The molecule has 0 unspecified atom stereocenters. The molecular weight excluding hydrogens is 737 g/mol. The minimum atomic E-state index is -0.488. The number of rotatable bonds is 9. The molecule has 0 fully saturated rings. The Kier molecular flexibility index (Phi) is 9.09. The predicted molar refractivity (Wildman–Crippen MR) is 257 cm³/mol. The first-order valence-electron chi connectivity index (χ1n) is 21.0. The quantitative estimate of drug-likeness (QED) is 0.133. The molecule has 1 heterocycles. The van der Waals surface area contributed by atoms with Gasteiger partial charge >= 0.3 is 0 Å². The molecule has 0 bridgehead atoms. The van der Waals surface area contributed by atoms with Gasteiger partial charge in [0, 0.05) is 33.2 Å². The van der Waals surface area contributed by atoms with Gasteiger partial charge in [-0.3, -0.25) is 0 Å². The van der Waals surface area contributed by atoms with Crippen molar-refractivity contribution in [3.05, 3.63) is 277 Å². The first-order valence-corrected chi connectivity index (χ1v) is 21.0. The molecule has 0 N–H and O–H groups in total. The highest BCUT2D eigenvalue weighted by Crippen LogP contribution is 2.46. The summed E-state index contributed by atoms with van der Waals surface area (Å²) >= 11 is 0. The van der Waals surface area contributed by atoms with Gasteiger partial charge in [0.15, 0.2) is 0 Å². The minimum Gasteiger partial charge on any atom is -0.310 e. The largest absolute Gasteiger partial charge is 0.310 e. The molecule has 11 aromatic rings. The van der Waals surface area contributed by atoms with E-state index >= 15 is 0 Å². The van der Waals surface area contributed by atoms with Crippen molar-refractivity contribution in [3.63, 3.8) is 0 Å². The van der Waals surface area contributed by atoms with E-state index in [1.54, 1.807) is 0 Å². The van der Waals surface area contributed by atoms with Crippen LogP contribution in [0.1, 0.15) is 22.3 Å². The fraction of sp³-hybridized carbons (Fsp3) is 0.0169. The van der Waals surface area contributed by atoms with Crippen LogP contribution in [0.4, 0.5) is 17.1 Å². The molecule has 0 radical (unpaired) electrons. The second-order valence-electron chi connectivity index (χ2n) is 15.7. The van der Waals surface area contributed by atoms with Crippen molar-refractivity contribution in [3.8, 4) is 16.8 Å². The Labute approximate surface area is 356 Å². The number of nitrogens with zero attached hydrogens (tertiary/aromatic N) is 2. The molecule has 2 heteroatoms. The smallest absolute Gasteiger partial charge is 0.0701 e. The molecule has 10 aromatic carbocycles. The van der Waals surface area contributed by atoms with E-state index in [0.29, 0.717) is 0 Å². The molecule has 11 rings (SSSR count). The summed E-state index contributed by atoms with van der Waals surface area (Å²) in [4.78, 5) is 2.41. The van der Waals surface area contributed by atoms with Gasteiger partial charge in [-0.25, -0.2) is 0 Å². The van der Waals surface area contributed by atoms with Gasteiger partial charge in [0.05, 0.1) is 22.1 Å². The fourth-order valence-electron chi connectivity index (χ4n) is 9.56. The fourth-order valence-corrected chi connectivity index (χ4v) is 9.56. The lowest BCUT2D eigenvalue weighted by atomic mass is 9.65. The molecule has 61 heavy (non-hydrogen) atoms. The summed E-state index contributed by atoms with van der Waals surface area (Å²) < 4.78 is 2.39. The van der Waals surface area contributed by atoms with Gasteiger partial charge in [-0.15, -0.1) is 0 Å². The van der Waals surface area contributed by atoms with Gasteiger partial charge in [0.25, 0.3) is 0 Å². The van der Waals surface area contributed by atoms with E-state index in [1.165, 1.54) is 60.4 Å². The van der Waals surface area contributed by atoms with Crippen LogP contribution in [0.2, 0.25) is 0 Å². The van der Waals surface area contributed by atoms with Crippen molar-refractivity contribution in [2.45, 2.75) is 5.41 Å². The van der Waals surface area contributed by atoms with Crippen LogP contribution in [0.15, 0.2) is 255 Å². The Morgan fingerprint density at radius 1 is 0.311 bits per heavy atom. The number of hydrogen-bond donors (Lipinski definition) is 0. The lowest BCUT2D eigenvalue weighted by molar-refractivity contribution is 0.745. The van der Waals surface area contributed by atoms with Crippen molar-refractivity contribution < 1.29 is 0 Å². The molecule has 0 saturated heterocycles. The summed E-state index contributed by atoms with van der Waals surface area (Å²) in [6.07, 6.45) is 0. The van der Waals surface area contributed by atoms with Gasteiger partial charge in [0.1, 0.15) is 0 Å². The van der Waals surface area contributed by atoms with Crippen LogP contribution in [0.3, 0.4) is 0 Å². The van der Waals surface area contributed by atoms with Gasteiger partial charge in [-0.1, -0.05) is 206 Å². The van der Waals surface area contributed by atoms with Crippen molar-refractivity contribution >= 4 is 49.6 Å². The lowest BCUT2D eigenvalue weighted by Crippen LogP contribution is -2.30. The van der Waals surface area contributed by atoms with Crippen molar-refractivity contribution in [1.82, 2.24) is 4.57 Å². The van der Waals surface area contributed by atoms with E-state index in [0.717, 1.165) is 28.3 Å². The third-order valence-corrected chi connectivity index (χ3v) is 12.3. The highest BCUT2D eigenvalue weighted by molar-refractivity contribution is 6.11. The van der Waals surface area contributed by atoms with Crippen LogP contribution < -0.4 is 4.90 Å². The van der Waals surface area contributed by atoms with Gasteiger partial charge in [0.2, 0.25) is 0 Å². The summed E-state index contributed by atoms with van der Waals surface area (Å²) in [6, 6.07) is 92.6. The first-order chi connectivity index (χ1) is 30.3. The molecule has 1 aromatic heterocycles. The van der Waals surface area contributed by atoms with Crippen LogP contribution in [0, 0.1) is 0 Å². The molecule has 0 atom stereocenters. The molecule has 288 valence electrons. The zero-order chi connectivity index (χ0) is 40.6. The second-order valence-corrected chi connectivity index (χ2v) is 15.7. The Bertz CT molecular complexity index is 3160. The van der Waals surface area contributed by atoms with Crippen molar-refractivity contribution in [2.75, 3.05) is 4.90 Å². The molecule has 0 saturated carbocycles.